The number of hydrogen-bond donors (Lipinski definition) is 3. The Morgan fingerprint density at radius 1 is 0.692 bits per heavy atom. The van der Waals surface area contributed by atoms with Crippen LogP contribution >= 0.6 is 21.6 Å². The Bertz CT molecular complexity index is 757. The van der Waals surface area contributed by atoms with Gasteiger partial charge in [0.1, 0.15) is 0 Å². The van der Waals surface area contributed by atoms with Gasteiger partial charge in [-0.15, -0.1) is 0 Å². The lowest BCUT2D eigenvalue weighted by atomic mass is 10.1. The van der Waals surface area contributed by atoms with Crippen molar-refractivity contribution < 1.29 is 9.59 Å². The van der Waals surface area contributed by atoms with Gasteiger partial charge in [0.2, 0.25) is 11.8 Å². The maximum atomic E-state index is 11.9. The van der Waals surface area contributed by atoms with E-state index in [0.717, 1.165) is 69.6 Å². The molecule has 0 aromatic heterocycles. The molecule has 1 heterocycles. The smallest absolute Gasteiger partial charge is 0.220 e. The fourth-order valence-corrected chi connectivity index (χ4v) is 6.88. The van der Waals surface area contributed by atoms with Crippen LogP contribution in [0.25, 0.3) is 0 Å². The van der Waals surface area contributed by atoms with E-state index >= 15 is 0 Å². The van der Waals surface area contributed by atoms with E-state index < -0.39 is 0 Å². The minimum absolute atomic E-state index is 0.104. The van der Waals surface area contributed by atoms with Gasteiger partial charge in [0.05, 0.1) is 0 Å². The number of amides is 2. The maximum absolute atomic E-state index is 11.9. The number of allylic oxidation sites excluding steroid dienone is 10. The molecule has 1 aliphatic rings. The van der Waals surface area contributed by atoms with Crippen molar-refractivity contribution in [2.75, 3.05) is 31.9 Å². The van der Waals surface area contributed by atoms with E-state index in [2.05, 4.69) is 83.6 Å². The third kappa shape index (κ3) is 25.0. The molecule has 39 heavy (non-hydrogen) atoms. The normalized spacial score (nSPS) is 16.1. The molecule has 0 aromatic carbocycles. The van der Waals surface area contributed by atoms with E-state index in [0.29, 0.717) is 32.5 Å². The summed E-state index contributed by atoms with van der Waals surface area (Å²) in [5.74, 6) is 1.52. The summed E-state index contributed by atoms with van der Waals surface area (Å²) in [6, 6.07) is 0. The molecule has 220 valence electrons. The first kappa shape index (κ1) is 35.3. The van der Waals surface area contributed by atoms with Gasteiger partial charge in [0.15, 0.2) is 0 Å². The minimum atomic E-state index is 0.104. The number of hydrogen-bond acceptors (Lipinski definition) is 5. The van der Waals surface area contributed by atoms with Gasteiger partial charge in [0, 0.05) is 50.0 Å². The van der Waals surface area contributed by atoms with Gasteiger partial charge in [-0.25, -0.2) is 0 Å². The van der Waals surface area contributed by atoms with Gasteiger partial charge in [-0.2, -0.15) is 0 Å². The monoisotopic (exact) mass is 575 g/mol. The van der Waals surface area contributed by atoms with E-state index in [-0.39, 0.29) is 11.8 Å². The summed E-state index contributed by atoms with van der Waals surface area (Å²) < 4.78 is 0. The first-order valence-electron chi connectivity index (χ1n) is 15.0. The molecule has 0 radical (unpaired) electrons. The van der Waals surface area contributed by atoms with E-state index in [1.54, 1.807) is 0 Å². The Labute approximate surface area is 246 Å². The molecule has 0 aliphatic carbocycles. The van der Waals surface area contributed by atoms with E-state index in [1.165, 1.54) is 18.6 Å². The molecule has 1 fully saturated rings. The molecule has 3 N–H and O–H groups in total. The standard InChI is InChI=1S/C32H53N3O2S2/c1-2-3-4-5-6-7-8-9-10-11-12-13-14-15-16-17-18-22-31(36)34-27-25-33-26-28-35-32(37)23-20-19-21-30-24-29-38-39-30/h3-4,6-7,9-10,12-13,15-16,30,33H,2,5,8,11,14,17-29H2,1H3,(H,34,36)(H,35,37)/b4-3-,7-6-,10-9-,13-12-,16-15-/t30-/m1/s1. The number of nitrogens with one attached hydrogen (secondary N) is 3. The second kappa shape index (κ2) is 27.9. The lowest BCUT2D eigenvalue weighted by Gasteiger charge is -2.09. The van der Waals surface area contributed by atoms with Gasteiger partial charge in [-0.1, -0.05) is 95.7 Å². The van der Waals surface area contributed by atoms with Crippen LogP contribution in [0.5, 0.6) is 0 Å². The molecule has 0 unspecified atom stereocenters. The zero-order valence-electron chi connectivity index (χ0n) is 24.2. The first-order valence-corrected chi connectivity index (χ1v) is 17.4. The molecule has 2 amide bonds. The van der Waals surface area contributed by atoms with Gasteiger partial charge in [0.25, 0.3) is 0 Å². The van der Waals surface area contributed by atoms with Gasteiger partial charge < -0.3 is 16.0 Å². The number of carbonyl (C=O) groups is 2. The van der Waals surface area contributed by atoms with E-state index in [4.69, 9.17) is 0 Å². The quantitative estimate of drug-likeness (QED) is 0.0634. The average Bonchev–Trinajstić information content (AvgIpc) is 3.46. The largest absolute Gasteiger partial charge is 0.355 e. The molecule has 0 aromatic rings. The molecule has 1 rings (SSSR count). The zero-order valence-corrected chi connectivity index (χ0v) is 25.8. The highest BCUT2D eigenvalue weighted by atomic mass is 33.1. The molecule has 0 bridgehead atoms. The van der Waals surface area contributed by atoms with E-state index in [9.17, 15) is 9.59 Å². The highest BCUT2D eigenvalue weighted by molar-refractivity contribution is 8.77. The number of unbranched alkanes of at least 4 members (excludes halogenated alkanes) is 2. The van der Waals surface area contributed by atoms with Gasteiger partial charge in [-0.05, 0) is 64.2 Å². The van der Waals surface area contributed by atoms with Crippen molar-refractivity contribution in [2.45, 2.75) is 95.6 Å². The zero-order chi connectivity index (χ0) is 28.1. The first-order chi connectivity index (χ1) is 19.2. The van der Waals surface area contributed by atoms with Crippen LogP contribution in [-0.4, -0.2) is 49.0 Å². The summed E-state index contributed by atoms with van der Waals surface area (Å²) in [6.07, 6.45) is 34.7. The minimum Gasteiger partial charge on any atom is -0.355 e. The number of rotatable bonds is 24. The Morgan fingerprint density at radius 3 is 1.77 bits per heavy atom. The second-order valence-electron chi connectivity index (χ2n) is 9.62. The molecule has 7 heteroatoms. The molecule has 1 saturated heterocycles. The summed E-state index contributed by atoms with van der Waals surface area (Å²) in [7, 11) is 3.99. The molecule has 5 nitrogen and oxygen atoms in total. The highest BCUT2D eigenvalue weighted by Gasteiger charge is 2.15. The molecule has 0 spiro atoms. The van der Waals surface area contributed by atoms with Crippen molar-refractivity contribution in [3.05, 3.63) is 60.8 Å². The predicted molar refractivity (Wildman–Crippen MR) is 174 cm³/mol. The molecular weight excluding hydrogens is 523 g/mol. The summed E-state index contributed by atoms with van der Waals surface area (Å²) in [5, 5.41) is 9.99. The van der Waals surface area contributed by atoms with Crippen LogP contribution in [0, 0.1) is 0 Å². The molecule has 1 aliphatic heterocycles. The lowest BCUT2D eigenvalue weighted by molar-refractivity contribution is -0.121. The number of carbonyl (C=O) groups excluding carboxylic acids is 2. The van der Waals surface area contributed by atoms with Crippen molar-refractivity contribution in [3.63, 3.8) is 0 Å². The summed E-state index contributed by atoms with van der Waals surface area (Å²) in [5.41, 5.74) is 0. The summed E-state index contributed by atoms with van der Waals surface area (Å²) in [4.78, 5) is 23.8. The molecule has 0 saturated carbocycles. The Kier molecular flexibility index (Phi) is 25.2. The van der Waals surface area contributed by atoms with Crippen molar-refractivity contribution in [1.29, 1.82) is 0 Å². The molecule has 1 atom stereocenters. The Balaban J connectivity index is 1.83. The van der Waals surface area contributed by atoms with Crippen molar-refractivity contribution in [2.24, 2.45) is 0 Å². The van der Waals surface area contributed by atoms with Gasteiger partial charge >= 0.3 is 0 Å². The van der Waals surface area contributed by atoms with Crippen LogP contribution in [0.15, 0.2) is 60.8 Å². The lowest BCUT2D eigenvalue weighted by Crippen LogP contribution is -2.36. The van der Waals surface area contributed by atoms with Crippen LogP contribution < -0.4 is 16.0 Å². The predicted octanol–water partition coefficient (Wildman–Crippen LogP) is 7.44. The van der Waals surface area contributed by atoms with Crippen molar-refractivity contribution >= 4 is 33.4 Å². The second-order valence-corrected chi connectivity index (χ2v) is 12.4. The Hall–Kier alpha value is -1.70. The SMILES string of the molecule is CC/C=C\C/C=C\C/C=C\C/C=C\C/C=C\CCCC(=O)NCCNCCNC(=O)CCCC[C@@H]1CCSS1. The summed E-state index contributed by atoms with van der Waals surface area (Å²) >= 11 is 0. The topological polar surface area (TPSA) is 70.2 Å². The van der Waals surface area contributed by atoms with Crippen LogP contribution in [0.2, 0.25) is 0 Å². The summed E-state index contributed by atoms with van der Waals surface area (Å²) in [6.45, 7) is 4.84. The third-order valence-corrected chi connectivity index (χ3v) is 9.09. The Morgan fingerprint density at radius 2 is 1.23 bits per heavy atom. The van der Waals surface area contributed by atoms with Gasteiger partial charge in [-0.3, -0.25) is 9.59 Å². The molecular formula is C32H53N3O2S2. The highest BCUT2D eigenvalue weighted by Crippen LogP contribution is 2.39. The fraction of sp³-hybridized carbons (Fsp3) is 0.625. The van der Waals surface area contributed by atoms with Crippen molar-refractivity contribution in [1.82, 2.24) is 16.0 Å². The third-order valence-electron chi connectivity index (χ3n) is 6.09. The maximum Gasteiger partial charge on any atom is 0.220 e. The average molecular weight is 576 g/mol. The van der Waals surface area contributed by atoms with Crippen LogP contribution in [-0.2, 0) is 9.59 Å². The van der Waals surface area contributed by atoms with Crippen LogP contribution in [0.4, 0.5) is 0 Å². The fourth-order valence-electron chi connectivity index (χ4n) is 3.85. The van der Waals surface area contributed by atoms with Crippen LogP contribution in [0.3, 0.4) is 0 Å². The van der Waals surface area contributed by atoms with Crippen LogP contribution in [0.1, 0.15) is 90.4 Å². The van der Waals surface area contributed by atoms with Crippen molar-refractivity contribution in [3.8, 4) is 0 Å². The van der Waals surface area contributed by atoms with E-state index in [1.807, 2.05) is 21.6 Å².